The van der Waals surface area contributed by atoms with Crippen LogP contribution >= 0.6 is 22.9 Å². The van der Waals surface area contributed by atoms with E-state index in [4.69, 9.17) is 11.6 Å². The van der Waals surface area contributed by atoms with E-state index in [9.17, 15) is 22.8 Å². The number of carbonyl (C=O) groups excluding carboxylic acids is 1. The molecule has 0 amide bonds. The molecule has 1 N–H and O–H groups in total. The molecule has 1 aromatic carbocycles. The van der Waals surface area contributed by atoms with Gasteiger partial charge in [-0.05, 0) is 42.8 Å². The maximum absolute atomic E-state index is 12.8. The molecule has 8 nitrogen and oxygen atoms in total. The van der Waals surface area contributed by atoms with Gasteiger partial charge in [-0.1, -0.05) is 29.3 Å². The van der Waals surface area contributed by atoms with Crippen LogP contribution in [-0.4, -0.2) is 34.5 Å². The van der Waals surface area contributed by atoms with Crippen LogP contribution in [0.3, 0.4) is 0 Å². The fraction of sp³-hybridized carbons (Fsp3) is 0.143. The van der Waals surface area contributed by atoms with E-state index in [1.54, 1.807) is 18.2 Å². The van der Waals surface area contributed by atoms with Crippen LogP contribution in [0.1, 0.15) is 11.1 Å². The number of pyridine rings is 1. The van der Waals surface area contributed by atoms with Crippen LogP contribution in [0.4, 0.5) is 0 Å². The summed E-state index contributed by atoms with van der Waals surface area (Å²) in [7, 11) is -3.77. The monoisotopic (exact) mass is 489 g/mol. The average Bonchev–Trinajstić information content (AvgIpc) is 3.17. The molecule has 11 heteroatoms. The molecular weight excluding hydrogens is 474 g/mol. The lowest BCUT2D eigenvalue weighted by Gasteiger charge is -2.07. The van der Waals surface area contributed by atoms with Crippen LogP contribution in [-0.2, 0) is 21.1 Å². The number of sulfone groups is 1. The van der Waals surface area contributed by atoms with Crippen LogP contribution in [0.15, 0.2) is 62.5 Å². The molecule has 0 aliphatic heterocycles. The number of nitrogens with zero attached hydrogens (tertiary/aromatic N) is 2. The van der Waals surface area contributed by atoms with E-state index in [1.807, 2.05) is 6.92 Å². The third kappa shape index (κ3) is 4.43. The highest BCUT2D eigenvalue weighted by Crippen LogP contribution is 2.26. The first-order valence-electron chi connectivity index (χ1n) is 9.35. The number of hydrogen-bond acceptors (Lipinski definition) is 7. The van der Waals surface area contributed by atoms with E-state index >= 15 is 0 Å². The van der Waals surface area contributed by atoms with E-state index in [2.05, 4.69) is 9.97 Å². The molecule has 0 saturated heterocycles. The Bertz CT molecular complexity index is 1570. The molecule has 3 heterocycles. The number of fused-ring (bicyclic) bond motifs is 1. The quantitative estimate of drug-likeness (QED) is 0.444. The van der Waals surface area contributed by atoms with Crippen LogP contribution in [0, 0.1) is 6.92 Å². The third-order valence-electron chi connectivity index (χ3n) is 4.70. The summed E-state index contributed by atoms with van der Waals surface area (Å²) < 4.78 is 25.9. The highest BCUT2D eigenvalue weighted by molar-refractivity contribution is 7.94. The molecule has 3 aromatic heterocycles. The molecule has 0 unspecified atom stereocenters. The standard InChI is InChI=1S/C21H16ClN3O5S2/c1-12-2-4-16-15(8-12)20(27)25(21(28)24-16)18-6-3-13(10-23-18)9-14(26)11-32(29,30)19-7-5-17(22)31-19/h2-8,10H,9,11H2,1H3,(H,24,28). The molecule has 4 rings (SSSR count). The number of aromatic amines is 1. The topological polar surface area (TPSA) is 119 Å². The molecule has 0 radical (unpaired) electrons. The molecule has 0 spiro atoms. The molecule has 0 aliphatic rings. The number of ketones is 1. The molecule has 164 valence electrons. The number of aryl methyl sites for hydroxylation is 1. The van der Waals surface area contributed by atoms with Crippen molar-refractivity contribution in [2.24, 2.45) is 0 Å². The van der Waals surface area contributed by atoms with Gasteiger partial charge in [0.15, 0.2) is 15.6 Å². The van der Waals surface area contributed by atoms with Crippen molar-refractivity contribution in [2.75, 3.05) is 5.75 Å². The van der Waals surface area contributed by atoms with Crippen molar-refractivity contribution in [3.05, 3.63) is 85.0 Å². The van der Waals surface area contributed by atoms with Crippen LogP contribution in [0.25, 0.3) is 16.7 Å². The zero-order valence-corrected chi connectivity index (χ0v) is 19.1. The molecule has 32 heavy (non-hydrogen) atoms. The summed E-state index contributed by atoms with van der Waals surface area (Å²) in [5.41, 5.74) is 0.610. The predicted molar refractivity (Wildman–Crippen MR) is 123 cm³/mol. The number of nitrogens with one attached hydrogen (secondary N) is 1. The Morgan fingerprint density at radius 1 is 1.16 bits per heavy atom. The fourth-order valence-electron chi connectivity index (χ4n) is 3.22. The molecule has 0 bridgehead atoms. The summed E-state index contributed by atoms with van der Waals surface area (Å²) in [5.74, 6) is -1.08. The van der Waals surface area contributed by atoms with Gasteiger partial charge in [-0.25, -0.2) is 22.8 Å². The van der Waals surface area contributed by atoms with Gasteiger partial charge in [0.05, 0.1) is 15.2 Å². The van der Waals surface area contributed by atoms with E-state index in [1.165, 1.54) is 30.5 Å². The van der Waals surface area contributed by atoms with Crippen molar-refractivity contribution in [3.63, 3.8) is 0 Å². The fourth-order valence-corrected chi connectivity index (χ4v) is 6.03. The first-order chi connectivity index (χ1) is 15.1. The van der Waals surface area contributed by atoms with Crippen LogP contribution in [0.5, 0.6) is 0 Å². The van der Waals surface area contributed by atoms with Crippen molar-refractivity contribution in [2.45, 2.75) is 17.6 Å². The molecule has 0 saturated carbocycles. The Kier molecular flexibility index (Phi) is 5.85. The molecule has 0 atom stereocenters. The number of Topliss-reactive ketones (excluding diaryl/α,β-unsaturated/α-hetero) is 1. The minimum absolute atomic E-state index is 0.0365. The van der Waals surface area contributed by atoms with Crippen molar-refractivity contribution < 1.29 is 13.2 Å². The highest BCUT2D eigenvalue weighted by atomic mass is 35.5. The predicted octanol–water partition coefficient (Wildman–Crippen LogP) is 2.68. The summed E-state index contributed by atoms with van der Waals surface area (Å²) >= 11 is 6.67. The van der Waals surface area contributed by atoms with Crippen molar-refractivity contribution >= 4 is 49.5 Å². The van der Waals surface area contributed by atoms with Gasteiger partial charge in [0, 0.05) is 12.6 Å². The van der Waals surface area contributed by atoms with Crippen molar-refractivity contribution in [1.29, 1.82) is 0 Å². The van der Waals surface area contributed by atoms with Gasteiger partial charge < -0.3 is 4.98 Å². The lowest BCUT2D eigenvalue weighted by molar-refractivity contribution is -0.116. The Morgan fingerprint density at radius 3 is 2.59 bits per heavy atom. The minimum Gasteiger partial charge on any atom is -0.306 e. The number of benzene rings is 1. The summed E-state index contributed by atoms with van der Waals surface area (Å²) in [6.45, 7) is 1.84. The Labute approximate surface area is 191 Å². The second-order valence-electron chi connectivity index (χ2n) is 7.18. The van der Waals surface area contributed by atoms with Gasteiger partial charge in [-0.15, -0.1) is 11.3 Å². The number of hydrogen-bond donors (Lipinski definition) is 1. The molecule has 0 fully saturated rings. The number of halogens is 1. The second-order valence-corrected chi connectivity index (χ2v) is 11.1. The number of thiophene rings is 1. The smallest absolute Gasteiger partial charge is 0.306 e. The van der Waals surface area contributed by atoms with Gasteiger partial charge in [0.2, 0.25) is 0 Å². The lowest BCUT2D eigenvalue weighted by Crippen LogP contribution is -2.34. The number of rotatable bonds is 6. The van der Waals surface area contributed by atoms with Gasteiger partial charge in [-0.3, -0.25) is 9.59 Å². The molecule has 0 aliphatic carbocycles. The van der Waals surface area contributed by atoms with E-state index in [-0.39, 0.29) is 16.4 Å². The summed E-state index contributed by atoms with van der Waals surface area (Å²) in [6, 6.07) is 10.9. The maximum Gasteiger partial charge on any atom is 0.334 e. The SMILES string of the molecule is Cc1ccc2[nH]c(=O)n(-c3ccc(CC(=O)CS(=O)(=O)c4ccc(Cl)s4)cn3)c(=O)c2c1. The minimum atomic E-state index is -3.77. The Balaban J connectivity index is 1.57. The number of aromatic nitrogens is 3. The summed E-state index contributed by atoms with van der Waals surface area (Å²) in [5, 5.41) is 0.351. The third-order valence-corrected chi connectivity index (χ3v) is 8.19. The van der Waals surface area contributed by atoms with Gasteiger partial charge in [0.25, 0.3) is 5.56 Å². The highest BCUT2D eigenvalue weighted by Gasteiger charge is 2.21. The van der Waals surface area contributed by atoms with Crippen molar-refractivity contribution in [1.82, 2.24) is 14.5 Å². The lowest BCUT2D eigenvalue weighted by atomic mass is 10.1. The summed E-state index contributed by atoms with van der Waals surface area (Å²) in [4.78, 5) is 44.4. The van der Waals surface area contributed by atoms with Gasteiger partial charge in [0.1, 0.15) is 15.8 Å². The average molecular weight is 490 g/mol. The van der Waals surface area contributed by atoms with Crippen LogP contribution < -0.4 is 11.2 Å². The van der Waals surface area contributed by atoms with E-state index in [0.717, 1.165) is 21.5 Å². The van der Waals surface area contributed by atoms with E-state index in [0.29, 0.717) is 20.8 Å². The normalized spacial score (nSPS) is 11.7. The largest absolute Gasteiger partial charge is 0.334 e. The van der Waals surface area contributed by atoms with Gasteiger partial charge in [-0.2, -0.15) is 0 Å². The summed E-state index contributed by atoms with van der Waals surface area (Å²) in [6.07, 6.45) is 1.18. The van der Waals surface area contributed by atoms with Crippen molar-refractivity contribution in [3.8, 4) is 5.82 Å². The zero-order chi connectivity index (χ0) is 23.0. The Morgan fingerprint density at radius 2 is 1.94 bits per heavy atom. The Hall–Kier alpha value is -3.08. The second kappa shape index (κ2) is 8.45. The molecule has 4 aromatic rings. The van der Waals surface area contributed by atoms with E-state index < -0.39 is 32.6 Å². The first kappa shape index (κ1) is 22.1. The van der Waals surface area contributed by atoms with Gasteiger partial charge >= 0.3 is 5.69 Å². The van der Waals surface area contributed by atoms with Crippen LogP contribution in [0.2, 0.25) is 4.34 Å². The molecular formula is C21H16ClN3O5S2. The number of carbonyl (C=O) groups is 1. The first-order valence-corrected chi connectivity index (χ1v) is 12.2. The number of H-pyrrole nitrogens is 1. The maximum atomic E-state index is 12.8. The zero-order valence-electron chi connectivity index (χ0n) is 16.7.